The molecule has 0 spiro atoms. The summed E-state index contributed by atoms with van der Waals surface area (Å²) in [7, 11) is 0. The lowest BCUT2D eigenvalue weighted by Crippen LogP contribution is -2.46. The Morgan fingerprint density at radius 1 is 1.67 bits per heavy atom. The van der Waals surface area contributed by atoms with Gasteiger partial charge in [-0.25, -0.2) is 0 Å². The highest BCUT2D eigenvalue weighted by atomic mass is 16.6. The third kappa shape index (κ3) is 2.41. The van der Waals surface area contributed by atoms with Crippen LogP contribution >= 0.6 is 0 Å². The monoisotopic (exact) mass is 209 g/mol. The molecule has 1 atom stereocenters. The summed E-state index contributed by atoms with van der Waals surface area (Å²) in [5.41, 5.74) is -0.0472. The van der Waals surface area contributed by atoms with Crippen molar-refractivity contribution in [1.29, 1.82) is 0 Å². The maximum atomic E-state index is 10.5. The molecule has 1 aliphatic rings. The van der Waals surface area contributed by atoms with Crippen LogP contribution in [0.3, 0.4) is 0 Å². The van der Waals surface area contributed by atoms with E-state index in [4.69, 9.17) is 4.74 Å². The quantitative estimate of drug-likeness (QED) is 0.584. The van der Waals surface area contributed by atoms with Crippen molar-refractivity contribution < 1.29 is 9.66 Å². The summed E-state index contributed by atoms with van der Waals surface area (Å²) in [4.78, 5) is 13.7. The Labute approximate surface area is 86.4 Å². The van der Waals surface area contributed by atoms with E-state index >= 15 is 0 Å². The maximum absolute atomic E-state index is 10.5. The summed E-state index contributed by atoms with van der Waals surface area (Å²) in [5.74, 6) is 0.443. The molecule has 1 saturated heterocycles. The van der Waals surface area contributed by atoms with Crippen LogP contribution in [0.25, 0.3) is 0 Å². The lowest BCUT2D eigenvalue weighted by atomic mass is 10.1. The van der Waals surface area contributed by atoms with E-state index in [9.17, 15) is 10.1 Å². The maximum Gasteiger partial charge on any atom is 0.291 e. The van der Waals surface area contributed by atoms with Crippen LogP contribution in [0, 0.1) is 10.1 Å². The van der Waals surface area contributed by atoms with Crippen molar-refractivity contribution in [1.82, 2.24) is 10.3 Å². The number of hydrogen-bond acceptors (Lipinski definition) is 5. The topological polar surface area (TPSA) is 77.3 Å². The molecule has 0 unspecified atom stereocenters. The van der Waals surface area contributed by atoms with Crippen molar-refractivity contribution in [3.05, 3.63) is 28.6 Å². The molecule has 1 fully saturated rings. The van der Waals surface area contributed by atoms with Gasteiger partial charge >= 0.3 is 0 Å². The first kappa shape index (κ1) is 9.85. The first-order valence-electron chi connectivity index (χ1n) is 4.71. The molecule has 1 N–H and O–H groups in total. The zero-order valence-corrected chi connectivity index (χ0v) is 8.05. The van der Waals surface area contributed by atoms with Gasteiger partial charge in [-0.15, -0.1) is 0 Å². The van der Waals surface area contributed by atoms with Gasteiger partial charge in [-0.3, -0.25) is 15.1 Å². The zero-order valence-electron chi connectivity index (χ0n) is 8.05. The van der Waals surface area contributed by atoms with Gasteiger partial charge in [-0.1, -0.05) is 0 Å². The fourth-order valence-corrected chi connectivity index (χ4v) is 1.27. The molecular weight excluding hydrogens is 198 g/mol. The largest absolute Gasteiger partial charge is 0.490 e. The lowest BCUT2D eigenvalue weighted by molar-refractivity contribution is -0.385. The van der Waals surface area contributed by atoms with Crippen molar-refractivity contribution in [3.63, 3.8) is 0 Å². The Hall–Kier alpha value is -1.69. The number of nitrogens with zero attached hydrogens (tertiary/aromatic N) is 2. The Morgan fingerprint density at radius 3 is 3.07 bits per heavy atom. The van der Waals surface area contributed by atoms with Gasteiger partial charge in [0.2, 0.25) is 0 Å². The van der Waals surface area contributed by atoms with E-state index in [0.717, 1.165) is 13.0 Å². The summed E-state index contributed by atoms with van der Waals surface area (Å²) < 4.78 is 5.37. The van der Waals surface area contributed by atoms with Gasteiger partial charge in [0.05, 0.1) is 17.2 Å². The van der Waals surface area contributed by atoms with Crippen LogP contribution in [0.4, 0.5) is 5.69 Å². The molecule has 0 aromatic carbocycles. The summed E-state index contributed by atoms with van der Waals surface area (Å²) in [6.45, 7) is 1.55. The molecule has 1 aromatic heterocycles. The molecule has 80 valence electrons. The van der Waals surface area contributed by atoms with Gasteiger partial charge in [0, 0.05) is 6.04 Å². The Balaban J connectivity index is 1.94. The summed E-state index contributed by atoms with van der Waals surface area (Å²) >= 11 is 0. The minimum Gasteiger partial charge on any atom is -0.490 e. The van der Waals surface area contributed by atoms with Crippen molar-refractivity contribution in [3.8, 4) is 5.75 Å². The normalized spacial score (nSPS) is 19.3. The van der Waals surface area contributed by atoms with Crippen molar-refractivity contribution in [2.24, 2.45) is 0 Å². The number of nitro groups is 1. The van der Waals surface area contributed by atoms with Crippen molar-refractivity contribution >= 4 is 5.69 Å². The van der Waals surface area contributed by atoms with Crippen LogP contribution in [-0.4, -0.2) is 29.1 Å². The summed E-state index contributed by atoms with van der Waals surface area (Å²) in [5, 5.41) is 13.6. The molecule has 15 heavy (non-hydrogen) atoms. The predicted octanol–water partition coefficient (Wildman–Crippen LogP) is 0.730. The van der Waals surface area contributed by atoms with Gasteiger partial charge in [-0.2, -0.15) is 0 Å². The van der Waals surface area contributed by atoms with Gasteiger partial charge in [-0.05, 0) is 13.0 Å². The second-order valence-corrected chi connectivity index (χ2v) is 3.39. The average Bonchev–Trinajstić information content (AvgIpc) is 2.16. The van der Waals surface area contributed by atoms with Crippen LogP contribution in [-0.2, 0) is 0 Å². The van der Waals surface area contributed by atoms with E-state index < -0.39 is 4.92 Å². The van der Waals surface area contributed by atoms with Crippen LogP contribution < -0.4 is 10.1 Å². The average molecular weight is 209 g/mol. The predicted molar refractivity (Wildman–Crippen MR) is 52.8 cm³/mol. The second-order valence-electron chi connectivity index (χ2n) is 3.39. The molecular formula is C9H11N3O3. The lowest BCUT2D eigenvalue weighted by Gasteiger charge is -2.27. The molecule has 2 heterocycles. The molecule has 0 bridgehead atoms. The van der Waals surface area contributed by atoms with Gasteiger partial charge < -0.3 is 10.1 Å². The van der Waals surface area contributed by atoms with Gasteiger partial charge in [0.1, 0.15) is 18.6 Å². The molecule has 1 aliphatic heterocycles. The fraction of sp³-hybridized carbons (Fsp3) is 0.444. The van der Waals surface area contributed by atoms with Crippen LogP contribution in [0.15, 0.2) is 18.5 Å². The minimum atomic E-state index is -0.485. The van der Waals surface area contributed by atoms with E-state index in [0.29, 0.717) is 18.4 Å². The first-order valence-corrected chi connectivity index (χ1v) is 4.71. The number of nitrogens with one attached hydrogen (secondary N) is 1. The molecule has 6 nitrogen and oxygen atoms in total. The first-order chi connectivity index (χ1) is 7.25. The Bertz CT molecular complexity index is 365. The smallest absolute Gasteiger partial charge is 0.291 e. The second kappa shape index (κ2) is 4.22. The van der Waals surface area contributed by atoms with E-state index in [1.54, 1.807) is 0 Å². The van der Waals surface area contributed by atoms with Crippen LogP contribution in [0.2, 0.25) is 0 Å². The third-order valence-corrected chi connectivity index (χ3v) is 2.29. The Kier molecular flexibility index (Phi) is 2.77. The van der Waals surface area contributed by atoms with E-state index in [2.05, 4.69) is 10.3 Å². The fourth-order valence-electron chi connectivity index (χ4n) is 1.27. The van der Waals surface area contributed by atoms with Gasteiger partial charge in [0.25, 0.3) is 5.69 Å². The minimum absolute atomic E-state index is 0.0472. The van der Waals surface area contributed by atoms with Crippen molar-refractivity contribution in [2.45, 2.75) is 12.5 Å². The highest BCUT2D eigenvalue weighted by Crippen LogP contribution is 2.17. The van der Waals surface area contributed by atoms with E-state index in [1.165, 1.54) is 18.5 Å². The highest BCUT2D eigenvalue weighted by molar-refractivity contribution is 5.33. The molecule has 0 saturated carbocycles. The third-order valence-electron chi connectivity index (χ3n) is 2.29. The number of rotatable bonds is 4. The summed E-state index contributed by atoms with van der Waals surface area (Å²) in [6.07, 6.45) is 3.77. The number of aromatic nitrogens is 1. The standard InChI is InChI=1S/C9H11N3O3/c13-12(14)8-3-9(5-10-4-8)15-6-7-1-2-11-7/h3-5,7,11H,1-2,6H2/t7-/m0/s1. The highest BCUT2D eigenvalue weighted by Gasteiger charge is 2.17. The van der Waals surface area contributed by atoms with Crippen LogP contribution in [0.5, 0.6) is 5.75 Å². The summed E-state index contributed by atoms with van der Waals surface area (Å²) in [6, 6.07) is 1.75. The molecule has 0 aliphatic carbocycles. The molecule has 0 radical (unpaired) electrons. The molecule has 2 rings (SSSR count). The Morgan fingerprint density at radius 2 is 2.47 bits per heavy atom. The number of hydrogen-bond donors (Lipinski definition) is 1. The number of pyridine rings is 1. The van der Waals surface area contributed by atoms with E-state index in [-0.39, 0.29) is 5.69 Å². The zero-order chi connectivity index (χ0) is 10.7. The SMILES string of the molecule is O=[N+]([O-])c1cncc(OC[C@@H]2CCN2)c1. The van der Waals surface area contributed by atoms with Gasteiger partial charge in [0.15, 0.2) is 0 Å². The van der Waals surface area contributed by atoms with E-state index in [1.807, 2.05) is 0 Å². The molecule has 0 amide bonds. The van der Waals surface area contributed by atoms with Crippen LogP contribution in [0.1, 0.15) is 6.42 Å². The molecule has 6 heteroatoms. The van der Waals surface area contributed by atoms with Crippen molar-refractivity contribution in [2.75, 3.05) is 13.2 Å². The molecule has 1 aromatic rings. The number of ether oxygens (including phenoxy) is 1.